The molecule has 1 aromatic heterocycles. The van der Waals surface area contributed by atoms with Gasteiger partial charge in [-0.2, -0.15) is 0 Å². The fourth-order valence-electron chi connectivity index (χ4n) is 2.97. The highest BCUT2D eigenvalue weighted by atomic mass is 32.2. The molecule has 33 heavy (non-hydrogen) atoms. The van der Waals surface area contributed by atoms with Crippen LogP contribution in [-0.2, 0) is 14.8 Å². The van der Waals surface area contributed by atoms with Gasteiger partial charge in [0.25, 0.3) is 10.0 Å². The second kappa shape index (κ2) is 9.82. The van der Waals surface area contributed by atoms with Crippen LogP contribution in [0, 0.1) is 0 Å². The Morgan fingerprint density at radius 3 is 2.48 bits per heavy atom. The van der Waals surface area contributed by atoms with E-state index < -0.39 is 10.0 Å². The van der Waals surface area contributed by atoms with Crippen LogP contribution in [-0.4, -0.2) is 31.7 Å². The summed E-state index contributed by atoms with van der Waals surface area (Å²) in [5, 5.41) is 3.02. The highest BCUT2D eigenvalue weighted by molar-refractivity contribution is 8.00. The molecular weight excluding hydrogens is 478 g/mol. The summed E-state index contributed by atoms with van der Waals surface area (Å²) in [5.74, 6) is 0.572. The number of anilines is 2. The van der Waals surface area contributed by atoms with Crippen LogP contribution in [0.2, 0.25) is 0 Å². The lowest BCUT2D eigenvalue weighted by Gasteiger charge is -2.12. The van der Waals surface area contributed by atoms with E-state index >= 15 is 0 Å². The average molecular weight is 500 g/mol. The van der Waals surface area contributed by atoms with Crippen LogP contribution in [0.1, 0.15) is 6.92 Å². The first-order valence-electron chi connectivity index (χ1n) is 9.94. The number of benzene rings is 3. The summed E-state index contributed by atoms with van der Waals surface area (Å²) >= 11 is 2.76. The molecule has 7 nitrogen and oxygen atoms in total. The Bertz CT molecular complexity index is 1370. The molecular formula is C23H21N3O4S3. The third kappa shape index (κ3) is 5.65. The van der Waals surface area contributed by atoms with Crippen molar-refractivity contribution in [3.8, 4) is 5.75 Å². The molecule has 1 amide bonds. The van der Waals surface area contributed by atoms with E-state index in [1.54, 1.807) is 49.6 Å². The van der Waals surface area contributed by atoms with E-state index in [9.17, 15) is 13.2 Å². The van der Waals surface area contributed by atoms with Crippen LogP contribution in [0.25, 0.3) is 10.2 Å². The molecule has 1 unspecified atom stereocenters. The lowest BCUT2D eigenvalue weighted by Crippen LogP contribution is -2.22. The summed E-state index contributed by atoms with van der Waals surface area (Å²) in [6.07, 6.45) is 0. The molecule has 0 saturated heterocycles. The molecule has 0 radical (unpaired) electrons. The summed E-state index contributed by atoms with van der Waals surface area (Å²) < 4.78 is 33.6. The van der Waals surface area contributed by atoms with Crippen LogP contribution in [0.5, 0.6) is 5.75 Å². The largest absolute Gasteiger partial charge is 0.497 e. The maximum absolute atomic E-state index is 12.6. The van der Waals surface area contributed by atoms with Crippen molar-refractivity contribution in [2.75, 3.05) is 17.1 Å². The number of aromatic nitrogens is 1. The summed E-state index contributed by atoms with van der Waals surface area (Å²) in [4.78, 5) is 18.1. The van der Waals surface area contributed by atoms with E-state index in [-0.39, 0.29) is 16.1 Å². The van der Waals surface area contributed by atoms with Gasteiger partial charge >= 0.3 is 0 Å². The quantitative estimate of drug-likeness (QED) is 0.323. The van der Waals surface area contributed by atoms with Crippen LogP contribution in [0.4, 0.5) is 10.8 Å². The van der Waals surface area contributed by atoms with Crippen molar-refractivity contribution in [1.29, 1.82) is 0 Å². The van der Waals surface area contributed by atoms with Crippen LogP contribution in [0.3, 0.4) is 0 Å². The minimum atomic E-state index is -3.65. The van der Waals surface area contributed by atoms with Crippen molar-refractivity contribution in [2.24, 2.45) is 0 Å². The van der Waals surface area contributed by atoms with E-state index in [1.807, 2.05) is 25.1 Å². The Balaban J connectivity index is 1.37. The summed E-state index contributed by atoms with van der Waals surface area (Å²) in [7, 11) is -2.04. The van der Waals surface area contributed by atoms with Crippen LogP contribution < -0.4 is 14.8 Å². The zero-order valence-corrected chi connectivity index (χ0v) is 20.3. The maximum atomic E-state index is 12.6. The number of methoxy groups -OCH3 is 1. The maximum Gasteiger partial charge on any atom is 0.261 e. The van der Waals surface area contributed by atoms with E-state index in [0.717, 1.165) is 20.9 Å². The molecule has 4 aromatic rings. The van der Waals surface area contributed by atoms with Gasteiger partial charge in [-0.15, -0.1) is 11.8 Å². The molecule has 170 valence electrons. The number of thioether (sulfide) groups is 1. The summed E-state index contributed by atoms with van der Waals surface area (Å²) in [6, 6.07) is 20.7. The van der Waals surface area contributed by atoms with E-state index in [4.69, 9.17) is 4.74 Å². The number of sulfonamides is 1. The number of carbonyl (C=O) groups is 1. The molecule has 0 saturated carbocycles. The number of nitrogens with zero attached hydrogens (tertiary/aromatic N) is 1. The third-order valence-electron chi connectivity index (χ3n) is 4.67. The molecule has 0 aliphatic rings. The minimum absolute atomic E-state index is 0.167. The minimum Gasteiger partial charge on any atom is -0.497 e. The van der Waals surface area contributed by atoms with Crippen molar-refractivity contribution in [2.45, 2.75) is 22.0 Å². The Morgan fingerprint density at radius 2 is 1.79 bits per heavy atom. The number of nitrogens with one attached hydrogen (secondary N) is 2. The van der Waals surface area contributed by atoms with Crippen molar-refractivity contribution in [3.63, 3.8) is 0 Å². The van der Waals surface area contributed by atoms with Crippen molar-refractivity contribution in [3.05, 3.63) is 72.8 Å². The van der Waals surface area contributed by atoms with Gasteiger partial charge in [0, 0.05) is 10.6 Å². The molecule has 0 bridgehead atoms. The second-order valence-electron chi connectivity index (χ2n) is 7.04. The second-order valence-corrected chi connectivity index (χ2v) is 11.2. The molecule has 0 fully saturated rings. The topological polar surface area (TPSA) is 97.4 Å². The normalized spacial score (nSPS) is 12.3. The molecule has 1 atom stereocenters. The Kier molecular flexibility index (Phi) is 6.87. The predicted molar refractivity (Wildman–Crippen MR) is 134 cm³/mol. The summed E-state index contributed by atoms with van der Waals surface area (Å²) in [6.45, 7) is 1.81. The van der Waals surface area contributed by atoms with E-state index in [2.05, 4.69) is 15.0 Å². The molecule has 1 heterocycles. The number of amides is 1. The van der Waals surface area contributed by atoms with Crippen molar-refractivity contribution < 1.29 is 17.9 Å². The number of ether oxygens (including phenoxy) is 1. The fraction of sp³-hybridized carbons (Fsp3) is 0.130. The summed E-state index contributed by atoms with van der Waals surface area (Å²) in [5.41, 5.74) is 1.25. The first-order valence-corrected chi connectivity index (χ1v) is 13.1. The number of carbonyl (C=O) groups excluding carboxylic acids is 1. The first-order chi connectivity index (χ1) is 15.8. The SMILES string of the molecule is COc1ccc2nc(NC(=O)C(C)Sc3ccc(NS(=O)(=O)c4ccccc4)cc3)sc2c1. The molecule has 0 spiro atoms. The standard InChI is InChI=1S/C23H21N3O4S3/c1-15(22(27)25-23-24-20-13-10-17(30-2)14-21(20)32-23)31-18-11-8-16(9-12-18)26-33(28,29)19-6-4-3-5-7-19/h3-15,26H,1-2H3,(H,24,25,27). The third-order valence-corrected chi connectivity index (χ3v) is 8.11. The van der Waals surface area contributed by atoms with Gasteiger partial charge in [0.15, 0.2) is 5.13 Å². The molecule has 0 aliphatic carbocycles. The first kappa shape index (κ1) is 23.1. The molecule has 4 rings (SSSR count). The lowest BCUT2D eigenvalue weighted by molar-refractivity contribution is -0.115. The van der Waals surface area contributed by atoms with Gasteiger partial charge in [-0.1, -0.05) is 29.5 Å². The van der Waals surface area contributed by atoms with Crippen LogP contribution in [0.15, 0.2) is 82.6 Å². The zero-order valence-electron chi connectivity index (χ0n) is 17.8. The van der Waals surface area contributed by atoms with Crippen molar-refractivity contribution in [1.82, 2.24) is 4.98 Å². The highest BCUT2D eigenvalue weighted by Gasteiger charge is 2.17. The van der Waals surface area contributed by atoms with Gasteiger partial charge in [0.05, 0.1) is 27.5 Å². The number of hydrogen-bond acceptors (Lipinski definition) is 7. The number of thiazole rings is 1. The van der Waals surface area contributed by atoms with Gasteiger partial charge in [0.1, 0.15) is 5.75 Å². The predicted octanol–water partition coefficient (Wildman–Crippen LogP) is 5.23. The van der Waals surface area contributed by atoms with E-state index in [1.165, 1.54) is 35.2 Å². The Morgan fingerprint density at radius 1 is 1.06 bits per heavy atom. The Labute approximate surface area is 200 Å². The Hall–Kier alpha value is -3.08. The van der Waals surface area contributed by atoms with Gasteiger partial charge < -0.3 is 10.1 Å². The zero-order chi connectivity index (χ0) is 23.4. The molecule has 10 heteroatoms. The van der Waals surface area contributed by atoms with Gasteiger partial charge in [-0.3, -0.25) is 9.52 Å². The van der Waals surface area contributed by atoms with Crippen LogP contribution >= 0.6 is 23.1 Å². The monoisotopic (exact) mass is 499 g/mol. The van der Waals surface area contributed by atoms with Crippen molar-refractivity contribution >= 4 is 60.1 Å². The lowest BCUT2D eigenvalue weighted by atomic mass is 10.3. The number of fused-ring (bicyclic) bond motifs is 1. The van der Waals surface area contributed by atoms with Gasteiger partial charge in [-0.05, 0) is 61.5 Å². The average Bonchev–Trinajstić information content (AvgIpc) is 3.22. The number of hydrogen-bond donors (Lipinski definition) is 2. The van der Waals surface area contributed by atoms with E-state index in [0.29, 0.717) is 10.8 Å². The molecule has 2 N–H and O–H groups in total. The molecule has 0 aliphatic heterocycles. The fourth-order valence-corrected chi connectivity index (χ4v) is 5.81. The van der Waals surface area contributed by atoms with Gasteiger partial charge in [0.2, 0.25) is 5.91 Å². The highest BCUT2D eigenvalue weighted by Crippen LogP contribution is 2.31. The number of rotatable bonds is 8. The molecule has 3 aromatic carbocycles. The smallest absolute Gasteiger partial charge is 0.261 e. The van der Waals surface area contributed by atoms with Gasteiger partial charge in [-0.25, -0.2) is 13.4 Å².